The predicted octanol–water partition coefficient (Wildman–Crippen LogP) is 5.92. The zero-order valence-electron chi connectivity index (χ0n) is 25.1. The van der Waals surface area contributed by atoms with Crippen LogP contribution in [0.25, 0.3) is 0 Å². The summed E-state index contributed by atoms with van der Waals surface area (Å²) in [6, 6.07) is 21.9. The summed E-state index contributed by atoms with van der Waals surface area (Å²) < 4.78 is 26.8. The van der Waals surface area contributed by atoms with Gasteiger partial charge in [0.25, 0.3) is 0 Å². The van der Waals surface area contributed by atoms with Crippen LogP contribution in [0.2, 0.25) is 5.02 Å². The molecule has 0 saturated carbocycles. The number of aryl methyl sites for hydroxylation is 2. The molecule has 0 unspecified atom stereocenters. The standard InChI is InChI=1S/C33H42ClN3O4S/c1-24(2)22-35-33(39)31(20-27-13-7-6-8-14-27)36(23-28-15-10-9-12-25(28)3)32(38)16-11-19-37(42(5,40)41)30-21-29(34)18-17-26(30)4/h6-10,12-15,17-18,21,24,31H,11,16,19-20,22-23H2,1-5H3,(H,35,39)/t31-/m1/s1. The van der Waals surface area contributed by atoms with Crippen LogP contribution in [0.1, 0.15) is 48.9 Å². The molecule has 1 atom stereocenters. The highest BCUT2D eigenvalue weighted by Gasteiger charge is 2.31. The Kier molecular flexibility index (Phi) is 12.0. The lowest BCUT2D eigenvalue weighted by Gasteiger charge is -2.32. The Bertz CT molecular complexity index is 1460. The highest BCUT2D eigenvalue weighted by atomic mass is 35.5. The first-order valence-electron chi connectivity index (χ1n) is 14.3. The molecule has 3 aromatic carbocycles. The van der Waals surface area contributed by atoms with Gasteiger partial charge >= 0.3 is 0 Å². The van der Waals surface area contributed by atoms with Gasteiger partial charge in [-0.3, -0.25) is 13.9 Å². The number of hydrogen-bond acceptors (Lipinski definition) is 4. The number of carbonyl (C=O) groups is 2. The minimum atomic E-state index is -3.63. The van der Waals surface area contributed by atoms with E-state index in [0.29, 0.717) is 23.7 Å². The molecule has 0 bridgehead atoms. The van der Waals surface area contributed by atoms with Gasteiger partial charge in [0.1, 0.15) is 6.04 Å². The maximum Gasteiger partial charge on any atom is 0.243 e. The molecule has 0 aliphatic rings. The van der Waals surface area contributed by atoms with Gasteiger partial charge in [-0.05, 0) is 60.6 Å². The van der Waals surface area contributed by atoms with Gasteiger partial charge in [-0.1, -0.05) is 86.1 Å². The van der Waals surface area contributed by atoms with E-state index in [9.17, 15) is 18.0 Å². The van der Waals surface area contributed by atoms with Crippen molar-refractivity contribution in [3.63, 3.8) is 0 Å². The summed E-state index contributed by atoms with van der Waals surface area (Å²) >= 11 is 6.18. The Morgan fingerprint density at radius 3 is 2.24 bits per heavy atom. The average Bonchev–Trinajstić information content (AvgIpc) is 2.94. The summed E-state index contributed by atoms with van der Waals surface area (Å²) in [6.07, 6.45) is 1.85. The molecule has 0 radical (unpaired) electrons. The zero-order chi connectivity index (χ0) is 30.9. The first-order valence-corrected chi connectivity index (χ1v) is 16.5. The molecule has 1 N–H and O–H groups in total. The molecule has 7 nitrogen and oxygen atoms in total. The van der Waals surface area contributed by atoms with Crippen LogP contribution in [0, 0.1) is 19.8 Å². The number of hydrogen-bond donors (Lipinski definition) is 1. The monoisotopic (exact) mass is 611 g/mol. The van der Waals surface area contributed by atoms with E-state index in [-0.39, 0.29) is 43.7 Å². The molecule has 0 fully saturated rings. The van der Waals surface area contributed by atoms with Crippen LogP contribution in [0.15, 0.2) is 72.8 Å². The molecule has 3 aromatic rings. The normalized spacial score (nSPS) is 12.2. The van der Waals surface area contributed by atoms with Crippen LogP contribution in [0.4, 0.5) is 5.69 Å². The van der Waals surface area contributed by atoms with Crippen LogP contribution in [-0.2, 0) is 32.6 Å². The topological polar surface area (TPSA) is 86.8 Å². The maximum atomic E-state index is 14.0. The van der Waals surface area contributed by atoms with Gasteiger partial charge in [0.05, 0.1) is 11.9 Å². The van der Waals surface area contributed by atoms with E-state index in [4.69, 9.17) is 11.6 Å². The fraction of sp³-hybridized carbons (Fsp3) is 0.394. The molecule has 0 aliphatic heterocycles. The Morgan fingerprint density at radius 1 is 0.929 bits per heavy atom. The molecule has 0 aromatic heterocycles. The van der Waals surface area contributed by atoms with Crippen molar-refractivity contribution >= 4 is 39.1 Å². The number of benzene rings is 3. The summed E-state index contributed by atoms with van der Waals surface area (Å²) in [5.74, 6) is -0.166. The van der Waals surface area contributed by atoms with Crippen LogP contribution in [0.5, 0.6) is 0 Å². The average molecular weight is 612 g/mol. The minimum Gasteiger partial charge on any atom is -0.354 e. The Labute approximate surface area is 255 Å². The van der Waals surface area contributed by atoms with Crippen molar-refractivity contribution < 1.29 is 18.0 Å². The van der Waals surface area contributed by atoms with Gasteiger partial charge in [-0.15, -0.1) is 0 Å². The quantitative estimate of drug-likeness (QED) is 0.245. The van der Waals surface area contributed by atoms with E-state index >= 15 is 0 Å². The van der Waals surface area contributed by atoms with Gasteiger partial charge in [-0.25, -0.2) is 8.42 Å². The lowest BCUT2D eigenvalue weighted by atomic mass is 10.0. The fourth-order valence-corrected chi connectivity index (χ4v) is 5.96. The Morgan fingerprint density at radius 2 is 1.60 bits per heavy atom. The number of halogens is 1. The SMILES string of the molecule is Cc1ccccc1CN(C(=O)CCCN(c1cc(Cl)ccc1C)S(C)(=O)=O)[C@H](Cc1ccccc1)C(=O)NCC(C)C. The molecule has 2 amide bonds. The van der Waals surface area contributed by atoms with Crippen LogP contribution < -0.4 is 9.62 Å². The fourth-order valence-electron chi connectivity index (χ4n) is 4.78. The Balaban J connectivity index is 1.91. The second-order valence-corrected chi connectivity index (χ2v) is 13.5. The van der Waals surface area contributed by atoms with E-state index in [1.54, 1.807) is 23.1 Å². The summed E-state index contributed by atoms with van der Waals surface area (Å²) in [4.78, 5) is 29.3. The molecule has 0 aliphatic carbocycles. The van der Waals surface area contributed by atoms with Gasteiger partial charge < -0.3 is 10.2 Å². The number of sulfonamides is 1. The van der Waals surface area contributed by atoms with Gasteiger partial charge in [0, 0.05) is 37.5 Å². The van der Waals surface area contributed by atoms with Crippen LogP contribution >= 0.6 is 11.6 Å². The van der Waals surface area contributed by atoms with Crippen molar-refractivity contribution in [2.24, 2.45) is 5.92 Å². The molecular weight excluding hydrogens is 570 g/mol. The third-order valence-corrected chi connectivity index (χ3v) is 8.56. The lowest BCUT2D eigenvalue weighted by Crippen LogP contribution is -2.51. The van der Waals surface area contributed by atoms with E-state index in [1.165, 1.54) is 4.31 Å². The van der Waals surface area contributed by atoms with Crippen LogP contribution in [-0.4, -0.2) is 50.5 Å². The number of carbonyl (C=O) groups excluding carboxylic acids is 2. The van der Waals surface area contributed by atoms with Crippen molar-refractivity contribution in [3.05, 3.63) is 100 Å². The van der Waals surface area contributed by atoms with Crippen molar-refractivity contribution in [2.45, 2.75) is 59.5 Å². The summed E-state index contributed by atoms with van der Waals surface area (Å²) in [7, 11) is -3.63. The van der Waals surface area contributed by atoms with E-state index < -0.39 is 16.1 Å². The molecule has 0 saturated heterocycles. The van der Waals surface area contributed by atoms with Crippen molar-refractivity contribution in [3.8, 4) is 0 Å². The number of rotatable bonds is 14. The first-order chi connectivity index (χ1) is 19.9. The van der Waals surface area contributed by atoms with Crippen molar-refractivity contribution in [1.82, 2.24) is 10.2 Å². The summed E-state index contributed by atoms with van der Waals surface area (Å²) in [6.45, 7) is 8.73. The predicted molar refractivity (Wildman–Crippen MR) is 171 cm³/mol. The molecule has 0 heterocycles. The summed E-state index contributed by atoms with van der Waals surface area (Å²) in [5, 5.41) is 3.46. The van der Waals surface area contributed by atoms with E-state index in [0.717, 1.165) is 28.5 Å². The highest BCUT2D eigenvalue weighted by molar-refractivity contribution is 7.92. The molecular formula is C33H42ClN3O4S. The van der Waals surface area contributed by atoms with Crippen molar-refractivity contribution in [2.75, 3.05) is 23.7 Å². The van der Waals surface area contributed by atoms with Gasteiger partial charge in [-0.2, -0.15) is 0 Å². The second kappa shape index (κ2) is 15.2. The lowest BCUT2D eigenvalue weighted by molar-refractivity contribution is -0.141. The van der Waals surface area contributed by atoms with Crippen molar-refractivity contribution in [1.29, 1.82) is 0 Å². The number of amides is 2. The first kappa shape index (κ1) is 33.1. The number of nitrogens with zero attached hydrogens (tertiary/aromatic N) is 2. The highest BCUT2D eigenvalue weighted by Crippen LogP contribution is 2.27. The maximum absolute atomic E-state index is 14.0. The largest absolute Gasteiger partial charge is 0.354 e. The van der Waals surface area contributed by atoms with Crippen LogP contribution in [0.3, 0.4) is 0 Å². The third-order valence-electron chi connectivity index (χ3n) is 7.15. The second-order valence-electron chi connectivity index (χ2n) is 11.2. The third kappa shape index (κ3) is 9.60. The number of anilines is 1. The van der Waals surface area contributed by atoms with E-state index in [2.05, 4.69) is 5.32 Å². The minimum absolute atomic E-state index is 0.0697. The number of nitrogens with one attached hydrogen (secondary N) is 1. The molecule has 3 rings (SSSR count). The van der Waals surface area contributed by atoms with Gasteiger partial charge in [0.2, 0.25) is 21.8 Å². The molecule has 226 valence electrons. The summed E-state index contributed by atoms with van der Waals surface area (Å²) in [5.41, 5.74) is 4.18. The molecule has 42 heavy (non-hydrogen) atoms. The van der Waals surface area contributed by atoms with Gasteiger partial charge in [0.15, 0.2) is 0 Å². The zero-order valence-corrected chi connectivity index (χ0v) is 26.7. The Hall–Kier alpha value is -3.36. The molecule has 0 spiro atoms. The molecule has 9 heteroatoms. The smallest absolute Gasteiger partial charge is 0.243 e. The van der Waals surface area contributed by atoms with E-state index in [1.807, 2.05) is 82.3 Å².